The largest absolute Gasteiger partial charge is 0.480 e. The lowest BCUT2D eigenvalue weighted by Gasteiger charge is -2.29. The Morgan fingerprint density at radius 2 is 1.54 bits per heavy atom. The molecule has 7 heteroatoms. The Hall–Kier alpha value is -4.52. The molecule has 5 rings (SSSR count). The Bertz CT molecular complexity index is 1470. The molecule has 0 spiro atoms. The van der Waals surface area contributed by atoms with Crippen LogP contribution in [0.2, 0.25) is 0 Å². The highest BCUT2D eigenvalue weighted by molar-refractivity contribution is 6.12. The summed E-state index contributed by atoms with van der Waals surface area (Å²) in [5.74, 6) is -1.51. The van der Waals surface area contributed by atoms with E-state index in [0.717, 1.165) is 47.7 Å². The second kappa shape index (κ2) is 11.5. The summed E-state index contributed by atoms with van der Waals surface area (Å²) in [7, 11) is 0. The van der Waals surface area contributed by atoms with Crippen molar-refractivity contribution in [2.45, 2.75) is 44.6 Å². The van der Waals surface area contributed by atoms with Crippen molar-refractivity contribution >= 4 is 34.4 Å². The van der Waals surface area contributed by atoms with Crippen molar-refractivity contribution in [1.29, 1.82) is 0 Å². The van der Waals surface area contributed by atoms with Gasteiger partial charge in [0, 0.05) is 23.7 Å². The number of aliphatic carboxylic acids is 1. The summed E-state index contributed by atoms with van der Waals surface area (Å²) in [5, 5.41) is 16.4. The zero-order chi connectivity index (χ0) is 27.2. The molecule has 1 aromatic heterocycles. The van der Waals surface area contributed by atoms with E-state index in [1.165, 1.54) is 0 Å². The molecule has 1 aliphatic carbocycles. The van der Waals surface area contributed by atoms with Gasteiger partial charge in [-0.15, -0.1) is 0 Å². The number of nitrogens with one attached hydrogen (secondary N) is 2. The third-order valence-electron chi connectivity index (χ3n) is 7.58. The lowest BCUT2D eigenvalue weighted by atomic mass is 9.79. The first-order chi connectivity index (χ1) is 18.9. The van der Waals surface area contributed by atoms with Gasteiger partial charge >= 0.3 is 5.97 Å². The van der Waals surface area contributed by atoms with Gasteiger partial charge in [-0.3, -0.25) is 14.6 Å². The van der Waals surface area contributed by atoms with Crippen molar-refractivity contribution in [3.05, 3.63) is 108 Å². The molecule has 1 saturated carbocycles. The van der Waals surface area contributed by atoms with Crippen LogP contribution in [-0.4, -0.2) is 33.9 Å². The van der Waals surface area contributed by atoms with E-state index in [9.17, 15) is 19.5 Å². The van der Waals surface area contributed by atoms with Crippen molar-refractivity contribution in [2.75, 3.05) is 5.32 Å². The molecule has 4 aromatic rings. The topological polar surface area (TPSA) is 108 Å². The first-order valence-corrected chi connectivity index (χ1v) is 13.3. The Morgan fingerprint density at radius 3 is 2.26 bits per heavy atom. The molecule has 0 unspecified atom stereocenters. The molecule has 2 amide bonds. The van der Waals surface area contributed by atoms with E-state index in [0.29, 0.717) is 17.7 Å². The number of hydrogen-bond donors (Lipinski definition) is 3. The minimum atomic E-state index is -1.07. The number of carboxylic acid groups (broad SMARTS) is 1. The number of amides is 2. The van der Waals surface area contributed by atoms with Crippen molar-refractivity contribution in [1.82, 2.24) is 10.3 Å². The lowest BCUT2D eigenvalue weighted by molar-refractivity contribution is -0.143. The van der Waals surface area contributed by atoms with E-state index in [2.05, 4.69) is 15.6 Å². The Kier molecular flexibility index (Phi) is 7.68. The summed E-state index contributed by atoms with van der Waals surface area (Å²) < 4.78 is 0. The summed E-state index contributed by atoms with van der Waals surface area (Å²) in [6.07, 6.45) is 5.78. The molecule has 0 radical (unpaired) electrons. The van der Waals surface area contributed by atoms with Crippen molar-refractivity contribution in [3.8, 4) is 0 Å². The fraction of sp³-hybridized carbons (Fsp3) is 0.250. The summed E-state index contributed by atoms with van der Waals surface area (Å²) in [5.41, 5.74) is 3.10. The molecule has 0 aliphatic heterocycles. The van der Waals surface area contributed by atoms with Gasteiger partial charge in [-0.05, 0) is 54.7 Å². The minimum Gasteiger partial charge on any atom is -0.480 e. The molecule has 1 aliphatic rings. The maximum Gasteiger partial charge on any atom is 0.326 e. The fourth-order valence-electron chi connectivity index (χ4n) is 5.49. The number of nitrogens with zero attached hydrogens (tertiary/aromatic N) is 1. The maximum absolute atomic E-state index is 13.5. The van der Waals surface area contributed by atoms with E-state index in [1.54, 1.807) is 36.5 Å². The van der Waals surface area contributed by atoms with Crippen LogP contribution in [0, 0.1) is 5.41 Å². The second-order valence-electron chi connectivity index (χ2n) is 10.2. The SMILES string of the molecule is O=C(Nc1ccc(C[C@H](NC(=O)C2(Cc3ccccc3)CCCC2)C(=O)O)cc1)c1ccnc2ccccc12. The number of carbonyl (C=O) groups is 3. The van der Waals surface area contributed by atoms with Crippen LogP contribution in [0.5, 0.6) is 0 Å². The standard InChI is InChI=1S/C32H31N3O4/c36-29(26-16-19-33-27-11-5-4-10-25(26)27)34-24-14-12-22(13-15-24)20-28(30(37)38)35-31(39)32(17-6-7-18-32)21-23-8-2-1-3-9-23/h1-5,8-16,19,28H,6-7,17-18,20-21H2,(H,34,36)(H,35,39)(H,37,38)/t28-/m0/s1. The third kappa shape index (κ3) is 5.98. The van der Waals surface area contributed by atoms with Crippen LogP contribution in [-0.2, 0) is 22.4 Å². The molecule has 7 nitrogen and oxygen atoms in total. The predicted octanol–water partition coefficient (Wildman–Crippen LogP) is 5.40. The zero-order valence-electron chi connectivity index (χ0n) is 21.6. The van der Waals surface area contributed by atoms with Crippen LogP contribution in [0.25, 0.3) is 10.9 Å². The van der Waals surface area contributed by atoms with Gasteiger partial charge in [0.05, 0.1) is 16.5 Å². The first-order valence-electron chi connectivity index (χ1n) is 13.3. The summed E-state index contributed by atoms with van der Waals surface area (Å²) >= 11 is 0. The normalized spacial score (nSPS) is 15.0. The molecule has 3 N–H and O–H groups in total. The number of anilines is 1. The van der Waals surface area contributed by atoms with Gasteiger partial charge in [-0.2, -0.15) is 0 Å². The Labute approximate surface area is 227 Å². The molecular formula is C32H31N3O4. The van der Waals surface area contributed by atoms with Gasteiger partial charge in [0.15, 0.2) is 0 Å². The molecular weight excluding hydrogens is 490 g/mol. The zero-order valence-corrected chi connectivity index (χ0v) is 21.6. The van der Waals surface area contributed by atoms with Crippen LogP contribution in [0.4, 0.5) is 5.69 Å². The average Bonchev–Trinajstić information content (AvgIpc) is 3.43. The summed E-state index contributed by atoms with van der Waals surface area (Å²) in [4.78, 5) is 42.8. The van der Waals surface area contributed by atoms with Gasteiger partial charge in [0.25, 0.3) is 5.91 Å². The lowest BCUT2D eigenvalue weighted by Crippen LogP contribution is -2.49. The number of pyridine rings is 1. The number of fused-ring (bicyclic) bond motifs is 1. The number of hydrogen-bond acceptors (Lipinski definition) is 4. The fourth-order valence-corrected chi connectivity index (χ4v) is 5.49. The first kappa shape index (κ1) is 26.1. The molecule has 3 aromatic carbocycles. The minimum absolute atomic E-state index is 0.145. The van der Waals surface area contributed by atoms with Crippen molar-refractivity contribution in [3.63, 3.8) is 0 Å². The van der Waals surface area contributed by atoms with Gasteiger partial charge in [-0.1, -0.05) is 73.5 Å². The highest BCUT2D eigenvalue weighted by atomic mass is 16.4. The van der Waals surface area contributed by atoms with E-state index >= 15 is 0 Å². The smallest absolute Gasteiger partial charge is 0.326 e. The van der Waals surface area contributed by atoms with E-state index in [1.807, 2.05) is 54.6 Å². The molecule has 0 bridgehead atoms. The highest BCUT2D eigenvalue weighted by Crippen LogP contribution is 2.41. The maximum atomic E-state index is 13.5. The van der Waals surface area contributed by atoms with Gasteiger partial charge in [0.2, 0.25) is 5.91 Å². The predicted molar refractivity (Wildman–Crippen MR) is 150 cm³/mol. The van der Waals surface area contributed by atoms with Gasteiger partial charge in [0.1, 0.15) is 6.04 Å². The summed E-state index contributed by atoms with van der Waals surface area (Å²) in [6.45, 7) is 0. The highest BCUT2D eigenvalue weighted by Gasteiger charge is 2.42. The number of rotatable bonds is 9. The van der Waals surface area contributed by atoms with Crippen LogP contribution in [0.1, 0.15) is 47.2 Å². The van der Waals surface area contributed by atoms with E-state index < -0.39 is 17.4 Å². The van der Waals surface area contributed by atoms with Crippen molar-refractivity contribution in [2.24, 2.45) is 5.41 Å². The van der Waals surface area contributed by atoms with Crippen LogP contribution in [0.15, 0.2) is 91.1 Å². The van der Waals surface area contributed by atoms with Crippen LogP contribution >= 0.6 is 0 Å². The molecule has 39 heavy (non-hydrogen) atoms. The molecule has 0 saturated heterocycles. The summed E-state index contributed by atoms with van der Waals surface area (Å²) in [6, 6.07) is 25.0. The average molecular weight is 522 g/mol. The van der Waals surface area contributed by atoms with Gasteiger partial charge in [-0.25, -0.2) is 4.79 Å². The van der Waals surface area contributed by atoms with E-state index in [4.69, 9.17) is 0 Å². The number of carbonyl (C=O) groups excluding carboxylic acids is 2. The molecule has 1 heterocycles. The van der Waals surface area contributed by atoms with Crippen molar-refractivity contribution < 1.29 is 19.5 Å². The molecule has 1 fully saturated rings. The quantitative estimate of drug-likeness (QED) is 0.273. The van der Waals surface area contributed by atoms with Crippen LogP contribution in [0.3, 0.4) is 0 Å². The Balaban J connectivity index is 1.25. The number of para-hydroxylation sites is 1. The molecule has 1 atom stereocenters. The second-order valence-corrected chi connectivity index (χ2v) is 10.2. The number of carboxylic acids is 1. The number of aromatic nitrogens is 1. The Morgan fingerprint density at radius 1 is 0.846 bits per heavy atom. The monoisotopic (exact) mass is 521 g/mol. The van der Waals surface area contributed by atoms with Crippen LogP contribution < -0.4 is 10.6 Å². The molecule has 198 valence electrons. The van der Waals surface area contributed by atoms with E-state index in [-0.39, 0.29) is 18.2 Å². The number of benzene rings is 3. The third-order valence-corrected chi connectivity index (χ3v) is 7.58. The van der Waals surface area contributed by atoms with Gasteiger partial charge < -0.3 is 15.7 Å².